The van der Waals surface area contributed by atoms with Crippen molar-refractivity contribution in [1.29, 1.82) is 0 Å². The van der Waals surface area contributed by atoms with Crippen molar-refractivity contribution in [3.63, 3.8) is 0 Å². The normalized spacial score (nSPS) is 12.7. The molecule has 0 aliphatic carbocycles. The van der Waals surface area contributed by atoms with Crippen LogP contribution in [0.2, 0.25) is 0 Å². The van der Waals surface area contributed by atoms with Crippen LogP contribution in [0, 0.1) is 5.41 Å². The van der Waals surface area contributed by atoms with Gasteiger partial charge in [-0.15, -0.1) is 0 Å². The molecule has 1 nitrogen and oxygen atoms in total. The second-order valence-corrected chi connectivity index (χ2v) is 6.35. The summed E-state index contributed by atoms with van der Waals surface area (Å²) in [6.45, 7) is 17.8. The Morgan fingerprint density at radius 1 is 1.13 bits per heavy atom. The van der Waals surface area contributed by atoms with Gasteiger partial charge in [-0.25, -0.2) is 0 Å². The lowest BCUT2D eigenvalue weighted by Crippen LogP contribution is -2.39. The molecule has 1 heteroatoms. The molecule has 0 heterocycles. The Balaban J connectivity index is 4.23. The minimum Gasteiger partial charge on any atom is -0.373 e. The zero-order valence-electron chi connectivity index (χ0n) is 11.8. The van der Waals surface area contributed by atoms with Crippen molar-refractivity contribution in [2.75, 3.05) is 7.05 Å². The molecule has 0 aromatic heterocycles. The highest BCUT2D eigenvalue weighted by Gasteiger charge is 2.22. The molecule has 0 radical (unpaired) electrons. The van der Waals surface area contributed by atoms with Crippen LogP contribution in [0.4, 0.5) is 0 Å². The highest BCUT2D eigenvalue weighted by molar-refractivity contribution is 4.99. The van der Waals surface area contributed by atoms with E-state index in [2.05, 4.69) is 60.1 Å². The molecule has 0 bridgehead atoms. The van der Waals surface area contributed by atoms with Crippen LogP contribution < -0.4 is 0 Å². The Kier molecular flexibility index (Phi) is 4.89. The van der Waals surface area contributed by atoms with E-state index in [1.54, 1.807) is 0 Å². The van der Waals surface area contributed by atoms with Crippen LogP contribution in [-0.2, 0) is 0 Å². The summed E-state index contributed by atoms with van der Waals surface area (Å²) < 4.78 is 0. The summed E-state index contributed by atoms with van der Waals surface area (Å²) in [5.41, 5.74) is 1.89. The molecule has 15 heavy (non-hydrogen) atoms. The molecule has 0 saturated carbocycles. The maximum atomic E-state index is 4.20. The lowest BCUT2D eigenvalue weighted by Gasteiger charge is -2.38. The average Bonchev–Trinajstić information content (AvgIpc) is 2.11. The fraction of sp³-hybridized carbons (Fsp3) is 0.857. The van der Waals surface area contributed by atoms with Gasteiger partial charge in [0.15, 0.2) is 0 Å². The minimum atomic E-state index is 0.231. The summed E-state index contributed by atoms with van der Waals surface area (Å²) in [7, 11) is 2.16. The zero-order chi connectivity index (χ0) is 12.3. The van der Waals surface area contributed by atoms with Gasteiger partial charge in [0, 0.05) is 18.3 Å². The van der Waals surface area contributed by atoms with E-state index in [9.17, 15) is 0 Å². The first-order valence-corrected chi connectivity index (χ1v) is 6.02. The maximum Gasteiger partial charge on any atom is 0.0337 e. The van der Waals surface area contributed by atoms with Gasteiger partial charge in [0.05, 0.1) is 0 Å². The third-order valence-corrected chi connectivity index (χ3v) is 3.41. The van der Waals surface area contributed by atoms with Gasteiger partial charge in [0.1, 0.15) is 0 Å². The first-order valence-electron chi connectivity index (χ1n) is 6.02. The predicted octanol–water partition coefficient (Wildman–Crippen LogP) is 4.45. The number of hydrogen-bond acceptors (Lipinski definition) is 1. The molecular weight excluding hydrogens is 182 g/mol. The van der Waals surface area contributed by atoms with Gasteiger partial charge in [0.2, 0.25) is 0 Å². The molecule has 0 saturated heterocycles. The SMILES string of the molecule is C=C(CCC(C)(C)C)N(C)C(C)(C)CC. The quantitative estimate of drug-likeness (QED) is 0.649. The van der Waals surface area contributed by atoms with Gasteiger partial charge in [-0.05, 0) is 38.5 Å². The monoisotopic (exact) mass is 211 g/mol. The van der Waals surface area contributed by atoms with Crippen LogP contribution in [0.1, 0.15) is 60.8 Å². The van der Waals surface area contributed by atoms with Crippen LogP contribution in [0.25, 0.3) is 0 Å². The first-order chi connectivity index (χ1) is 6.60. The van der Waals surface area contributed by atoms with E-state index in [4.69, 9.17) is 0 Å². The third-order valence-electron chi connectivity index (χ3n) is 3.41. The van der Waals surface area contributed by atoms with Crippen molar-refractivity contribution < 1.29 is 0 Å². The van der Waals surface area contributed by atoms with Gasteiger partial charge in [-0.2, -0.15) is 0 Å². The molecule has 0 spiro atoms. The average molecular weight is 211 g/mol. The standard InChI is InChI=1S/C14H29N/c1-9-14(6,7)15(8)12(2)10-11-13(3,4)5/h2,9-11H2,1,3-8H3. The van der Waals surface area contributed by atoms with Crippen molar-refractivity contribution in [2.45, 2.75) is 66.3 Å². The van der Waals surface area contributed by atoms with E-state index in [0.29, 0.717) is 5.41 Å². The number of rotatable bonds is 5. The van der Waals surface area contributed by atoms with E-state index in [1.165, 1.54) is 12.1 Å². The number of allylic oxidation sites excluding steroid dienone is 1. The van der Waals surface area contributed by atoms with Crippen LogP contribution in [0.15, 0.2) is 12.3 Å². The van der Waals surface area contributed by atoms with Crippen LogP contribution in [-0.4, -0.2) is 17.5 Å². The molecule has 0 unspecified atom stereocenters. The Bertz CT molecular complexity index is 208. The fourth-order valence-corrected chi connectivity index (χ4v) is 1.35. The zero-order valence-corrected chi connectivity index (χ0v) is 11.8. The molecule has 0 fully saturated rings. The van der Waals surface area contributed by atoms with Crippen molar-refractivity contribution in [1.82, 2.24) is 4.90 Å². The predicted molar refractivity (Wildman–Crippen MR) is 70.0 cm³/mol. The van der Waals surface area contributed by atoms with Crippen molar-refractivity contribution in [3.8, 4) is 0 Å². The summed E-state index contributed by atoms with van der Waals surface area (Å²) in [4.78, 5) is 2.33. The summed E-state index contributed by atoms with van der Waals surface area (Å²) in [6.07, 6.45) is 3.46. The van der Waals surface area contributed by atoms with E-state index >= 15 is 0 Å². The van der Waals surface area contributed by atoms with Crippen molar-refractivity contribution >= 4 is 0 Å². The lowest BCUT2D eigenvalue weighted by molar-refractivity contribution is 0.187. The molecule has 0 aromatic carbocycles. The largest absolute Gasteiger partial charge is 0.373 e. The third kappa shape index (κ3) is 5.25. The smallest absolute Gasteiger partial charge is 0.0337 e. The molecular formula is C14H29N. The summed E-state index contributed by atoms with van der Waals surface area (Å²) in [5.74, 6) is 0. The van der Waals surface area contributed by atoms with Gasteiger partial charge in [-0.3, -0.25) is 0 Å². The Hall–Kier alpha value is -0.460. The Labute approximate surface area is 96.6 Å². The second kappa shape index (κ2) is 5.05. The summed E-state index contributed by atoms with van der Waals surface area (Å²) in [5, 5.41) is 0. The molecule has 0 amide bonds. The molecule has 0 atom stereocenters. The molecule has 0 aromatic rings. The van der Waals surface area contributed by atoms with Crippen molar-refractivity contribution in [3.05, 3.63) is 12.3 Å². The summed E-state index contributed by atoms with van der Waals surface area (Å²) in [6, 6.07) is 0. The molecule has 0 aliphatic heterocycles. The van der Waals surface area contributed by atoms with Gasteiger partial charge in [0.25, 0.3) is 0 Å². The Morgan fingerprint density at radius 2 is 1.60 bits per heavy atom. The highest BCUT2D eigenvalue weighted by Crippen LogP contribution is 2.27. The number of hydrogen-bond donors (Lipinski definition) is 0. The topological polar surface area (TPSA) is 3.24 Å². The van der Waals surface area contributed by atoms with E-state index in [0.717, 1.165) is 12.8 Å². The van der Waals surface area contributed by atoms with Crippen LogP contribution >= 0.6 is 0 Å². The maximum absolute atomic E-state index is 4.20. The number of nitrogens with zero attached hydrogens (tertiary/aromatic N) is 1. The first kappa shape index (κ1) is 14.5. The fourth-order valence-electron chi connectivity index (χ4n) is 1.35. The van der Waals surface area contributed by atoms with Gasteiger partial charge < -0.3 is 4.90 Å². The minimum absolute atomic E-state index is 0.231. The molecule has 0 rings (SSSR count). The van der Waals surface area contributed by atoms with Crippen LogP contribution in [0.5, 0.6) is 0 Å². The lowest BCUT2D eigenvalue weighted by atomic mass is 9.89. The van der Waals surface area contributed by atoms with Gasteiger partial charge >= 0.3 is 0 Å². The van der Waals surface area contributed by atoms with Gasteiger partial charge in [-0.1, -0.05) is 34.3 Å². The second-order valence-electron chi connectivity index (χ2n) is 6.35. The Morgan fingerprint density at radius 3 is 1.93 bits per heavy atom. The van der Waals surface area contributed by atoms with Crippen LogP contribution in [0.3, 0.4) is 0 Å². The molecule has 90 valence electrons. The van der Waals surface area contributed by atoms with E-state index in [1.807, 2.05) is 0 Å². The molecule has 0 N–H and O–H groups in total. The highest BCUT2D eigenvalue weighted by atomic mass is 15.2. The van der Waals surface area contributed by atoms with E-state index in [-0.39, 0.29) is 5.54 Å². The molecule has 0 aliphatic rings. The van der Waals surface area contributed by atoms with E-state index < -0.39 is 0 Å². The summed E-state index contributed by atoms with van der Waals surface area (Å²) >= 11 is 0. The van der Waals surface area contributed by atoms with Crippen molar-refractivity contribution in [2.24, 2.45) is 5.41 Å².